The lowest BCUT2D eigenvalue weighted by atomic mass is 9.98. The van der Waals surface area contributed by atoms with E-state index >= 15 is 0 Å². The van der Waals surface area contributed by atoms with Crippen LogP contribution in [0.5, 0.6) is 0 Å². The summed E-state index contributed by atoms with van der Waals surface area (Å²) in [6.45, 7) is 3.45. The summed E-state index contributed by atoms with van der Waals surface area (Å²) in [4.78, 5) is 16.2. The molecule has 1 heterocycles. The lowest BCUT2D eigenvalue weighted by molar-refractivity contribution is -0.126. The molecule has 0 radical (unpaired) electrons. The van der Waals surface area contributed by atoms with Crippen LogP contribution in [0, 0.1) is 6.92 Å². The standard InChI is InChI=1S/C15H24N4O/c1-12-5-6-13(19-11-12)17-9-4-10-18-14(20)15(16)7-2-3-8-15/h5-6,11H,2-4,7-10,16H2,1H3,(H,17,19)(H,18,20). The van der Waals surface area contributed by atoms with Crippen LogP contribution in [0.3, 0.4) is 0 Å². The number of rotatable bonds is 6. The molecule has 5 heteroatoms. The highest BCUT2D eigenvalue weighted by Crippen LogP contribution is 2.27. The Kier molecular flexibility index (Phi) is 4.95. The molecule has 1 saturated carbocycles. The number of aromatic nitrogens is 1. The summed E-state index contributed by atoms with van der Waals surface area (Å²) in [7, 11) is 0. The number of amides is 1. The van der Waals surface area contributed by atoms with Crippen molar-refractivity contribution in [1.29, 1.82) is 0 Å². The Labute approximate surface area is 120 Å². The summed E-state index contributed by atoms with van der Waals surface area (Å²) in [6, 6.07) is 3.98. The predicted molar refractivity (Wildman–Crippen MR) is 80.5 cm³/mol. The number of carbonyl (C=O) groups excluding carboxylic acids is 1. The molecule has 1 fully saturated rings. The molecule has 1 amide bonds. The van der Waals surface area contributed by atoms with Gasteiger partial charge in [-0.2, -0.15) is 0 Å². The molecule has 0 unspecified atom stereocenters. The Morgan fingerprint density at radius 2 is 2.10 bits per heavy atom. The van der Waals surface area contributed by atoms with Gasteiger partial charge in [0, 0.05) is 19.3 Å². The van der Waals surface area contributed by atoms with Crippen LogP contribution in [-0.4, -0.2) is 29.5 Å². The fourth-order valence-electron chi connectivity index (χ4n) is 2.49. The molecule has 4 N–H and O–H groups in total. The molecule has 1 aliphatic rings. The van der Waals surface area contributed by atoms with Crippen LogP contribution in [0.2, 0.25) is 0 Å². The largest absolute Gasteiger partial charge is 0.370 e. The van der Waals surface area contributed by atoms with Gasteiger partial charge < -0.3 is 16.4 Å². The molecule has 1 aromatic heterocycles. The van der Waals surface area contributed by atoms with Crippen molar-refractivity contribution < 1.29 is 4.79 Å². The average molecular weight is 276 g/mol. The van der Waals surface area contributed by atoms with E-state index in [9.17, 15) is 4.79 Å². The summed E-state index contributed by atoms with van der Waals surface area (Å²) >= 11 is 0. The first-order valence-corrected chi connectivity index (χ1v) is 7.34. The van der Waals surface area contributed by atoms with Gasteiger partial charge in [0.1, 0.15) is 5.82 Å². The molecule has 0 aromatic carbocycles. The van der Waals surface area contributed by atoms with Crippen molar-refractivity contribution in [1.82, 2.24) is 10.3 Å². The number of nitrogens with one attached hydrogen (secondary N) is 2. The third kappa shape index (κ3) is 3.93. The fourth-order valence-corrected chi connectivity index (χ4v) is 2.49. The van der Waals surface area contributed by atoms with Crippen LogP contribution in [0.15, 0.2) is 18.3 Å². The SMILES string of the molecule is Cc1ccc(NCCCNC(=O)C2(N)CCCC2)nc1. The normalized spacial score (nSPS) is 16.9. The van der Waals surface area contributed by atoms with E-state index in [0.29, 0.717) is 6.54 Å². The van der Waals surface area contributed by atoms with Gasteiger partial charge in [0.05, 0.1) is 5.54 Å². The van der Waals surface area contributed by atoms with E-state index in [1.54, 1.807) is 0 Å². The molecule has 110 valence electrons. The lowest BCUT2D eigenvalue weighted by Gasteiger charge is -2.22. The molecular formula is C15H24N4O. The summed E-state index contributed by atoms with van der Waals surface area (Å²) < 4.78 is 0. The third-order valence-corrected chi connectivity index (χ3v) is 3.80. The highest BCUT2D eigenvalue weighted by atomic mass is 16.2. The summed E-state index contributed by atoms with van der Waals surface area (Å²) in [5.74, 6) is 0.872. The maximum Gasteiger partial charge on any atom is 0.240 e. The van der Waals surface area contributed by atoms with E-state index in [1.165, 1.54) is 0 Å². The zero-order valence-corrected chi connectivity index (χ0v) is 12.1. The molecule has 0 saturated heterocycles. The molecule has 2 rings (SSSR count). The first-order chi connectivity index (χ1) is 9.60. The molecule has 20 heavy (non-hydrogen) atoms. The molecule has 0 aliphatic heterocycles. The van der Waals surface area contributed by atoms with Gasteiger partial charge in [-0.3, -0.25) is 4.79 Å². The summed E-state index contributed by atoms with van der Waals surface area (Å²) in [5.41, 5.74) is 6.61. The number of hydrogen-bond donors (Lipinski definition) is 3. The van der Waals surface area contributed by atoms with Crippen molar-refractivity contribution in [2.24, 2.45) is 5.73 Å². The molecular weight excluding hydrogens is 252 g/mol. The minimum Gasteiger partial charge on any atom is -0.370 e. The smallest absolute Gasteiger partial charge is 0.240 e. The lowest BCUT2D eigenvalue weighted by Crippen LogP contribution is -2.52. The van der Waals surface area contributed by atoms with Crippen LogP contribution in [-0.2, 0) is 4.79 Å². The van der Waals surface area contributed by atoms with Gasteiger partial charge in [-0.05, 0) is 37.8 Å². The molecule has 5 nitrogen and oxygen atoms in total. The van der Waals surface area contributed by atoms with Crippen LogP contribution in [0.4, 0.5) is 5.82 Å². The number of anilines is 1. The maximum atomic E-state index is 12.0. The van der Waals surface area contributed by atoms with Crippen LogP contribution in [0.1, 0.15) is 37.7 Å². The number of nitrogens with two attached hydrogens (primary N) is 1. The predicted octanol–water partition coefficient (Wildman–Crippen LogP) is 1.58. The van der Waals surface area contributed by atoms with Crippen molar-refractivity contribution in [2.45, 2.75) is 44.6 Å². The first kappa shape index (κ1) is 14.8. The minimum absolute atomic E-state index is 0.00320. The number of carbonyl (C=O) groups is 1. The van der Waals surface area contributed by atoms with Gasteiger partial charge in [-0.1, -0.05) is 18.9 Å². The highest BCUT2D eigenvalue weighted by Gasteiger charge is 2.36. The Bertz CT molecular complexity index is 438. The van der Waals surface area contributed by atoms with E-state index in [0.717, 1.165) is 50.0 Å². The Morgan fingerprint density at radius 3 is 2.75 bits per heavy atom. The quantitative estimate of drug-likeness (QED) is 0.689. The zero-order chi connectivity index (χ0) is 14.4. The van der Waals surface area contributed by atoms with Crippen molar-refractivity contribution in [3.05, 3.63) is 23.9 Å². The number of hydrogen-bond acceptors (Lipinski definition) is 4. The van der Waals surface area contributed by atoms with E-state index in [2.05, 4.69) is 15.6 Å². The number of aryl methyl sites for hydroxylation is 1. The van der Waals surface area contributed by atoms with Gasteiger partial charge in [-0.25, -0.2) is 4.98 Å². The maximum absolute atomic E-state index is 12.0. The number of nitrogens with zero attached hydrogens (tertiary/aromatic N) is 1. The van der Waals surface area contributed by atoms with E-state index in [4.69, 9.17) is 5.73 Å². The van der Waals surface area contributed by atoms with Gasteiger partial charge in [-0.15, -0.1) is 0 Å². The summed E-state index contributed by atoms with van der Waals surface area (Å²) in [5, 5.41) is 6.17. The third-order valence-electron chi connectivity index (χ3n) is 3.80. The van der Waals surface area contributed by atoms with E-state index < -0.39 is 5.54 Å². The van der Waals surface area contributed by atoms with Crippen molar-refractivity contribution in [3.63, 3.8) is 0 Å². The zero-order valence-electron chi connectivity index (χ0n) is 12.1. The van der Waals surface area contributed by atoms with E-state index in [-0.39, 0.29) is 5.91 Å². The van der Waals surface area contributed by atoms with Gasteiger partial charge in [0.25, 0.3) is 0 Å². The van der Waals surface area contributed by atoms with E-state index in [1.807, 2.05) is 25.3 Å². The highest BCUT2D eigenvalue weighted by molar-refractivity contribution is 5.86. The molecule has 0 bridgehead atoms. The molecule has 0 atom stereocenters. The van der Waals surface area contributed by atoms with Crippen LogP contribution >= 0.6 is 0 Å². The van der Waals surface area contributed by atoms with Crippen molar-refractivity contribution >= 4 is 11.7 Å². The van der Waals surface area contributed by atoms with Crippen LogP contribution in [0.25, 0.3) is 0 Å². The second-order valence-electron chi connectivity index (χ2n) is 5.62. The topological polar surface area (TPSA) is 80.0 Å². The summed E-state index contributed by atoms with van der Waals surface area (Å²) in [6.07, 6.45) is 6.43. The van der Waals surface area contributed by atoms with Gasteiger partial charge in [0.15, 0.2) is 0 Å². The van der Waals surface area contributed by atoms with Gasteiger partial charge >= 0.3 is 0 Å². The van der Waals surface area contributed by atoms with Gasteiger partial charge in [0.2, 0.25) is 5.91 Å². The fraction of sp³-hybridized carbons (Fsp3) is 0.600. The Balaban J connectivity index is 1.62. The molecule has 1 aliphatic carbocycles. The minimum atomic E-state index is -0.619. The van der Waals surface area contributed by atoms with Crippen molar-refractivity contribution in [3.8, 4) is 0 Å². The molecule has 1 aromatic rings. The number of pyridine rings is 1. The first-order valence-electron chi connectivity index (χ1n) is 7.34. The average Bonchev–Trinajstić information content (AvgIpc) is 2.88. The Hall–Kier alpha value is -1.62. The monoisotopic (exact) mass is 276 g/mol. The second-order valence-corrected chi connectivity index (χ2v) is 5.62. The molecule has 0 spiro atoms. The van der Waals surface area contributed by atoms with Crippen LogP contribution < -0.4 is 16.4 Å². The van der Waals surface area contributed by atoms with Crippen molar-refractivity contribution in [2.75, 3.05) is 18.4 Å². The Morgan fingerprint density at radius 1 is 1.35 bits per heavy atom. The second kappa shape index (κ2) is 6.70.